The number of aromatic nitrogens is 1. The van der Waals surface area contributed by atoms with Gasteiger partial charge in [0.1, 0.15) is 12.4 Å². The number of hydrogen-bond donors (Lipinski definition) is 4. The second kappa shape index (κ2) is 16.5. The zero-order chi connectivity index (χ0) is 31.3. The number of benzene rings is 2. The molecule has 0 saturated carbocycles. The SMILES string of the molecule is C=C(COc1ccc(-c2cnc(N)c(C=N)c2)cc1F)Nc1ccc(CN2CCNCC2)c(C(F)(F)F)c1.CC.CC. The van der Waals surface area contributed by atoms with Crippen LogP contribution in [0.1, 0.15) is 44.4 Å². The minimum absolute atomic E-state index is 0.0465. The van der Waals surface area contributed by atoms with Crippen molar-refractivity contribution in [3.8, 4) is 16.9 Å². The summed E-state index contributed by atoms with van der Waals surface area (Å²) in [5.41, 5.74) is 7.18. The minimum atomic E-state index is -4.51. The summed E-state index contributed by atoms with van der Waals surface area (Å²) in [6, 6.07) is 10.0. The molecule has 1 saturated heterocycles. The number of alkyl halides is 3. The summed E-state index contributed by atoms with van der Waals surface area (Å²) in [6.07, 6.45) is -1.97. The van der Waals surface area contributed by atoms with Gasteiger partial charge in [-0.1, -0.05) is 46.4 Å². The molecule has 0 spiro atoms. The van der Waals surface area contributed by atoms with Crippen LogP contribution < -0.4 is 21.1 Å². The largest absolute Gasteiger partial charge is 0.484 e. The van der Waals surface area contributed by atoms with Gasteiger partial charge in [-0.05, 0) is 41.5 Å². The third kappa shape index (κ3) is 9.56. The predicted molar refractivity (Wildman–Crippen MR) is 162 cm³/mol. The van der Waals surface area contributed by atoms with Crippen molar-refractivity contribution in [1.29, 1.82) is 5.41 Å². The number of rotatable bonds is 9. The molecular weight excluding hydrogens is 548 g/mol. The van der Waals surface area contributed by atoms with E-state index in [1.807, 2.05) is 32.6 Å². The summed E-state index contributed by atoms with van der Waals surface area (Å²) in [7, 11) is 0. The van der Waals surface area contributed by atoms with Crippen LogP contribution in [0.3, 0.4) is 0 Å². The second-order valence-corrected chi connectivity index (χ2v) is 8.90. The van der Waals surface area contributed by atoms with Crippen molar-refractivity contribution < 1.29 is 22.3 Å². The number of halogens is 4. The van der Waals surface area contributed by atoms with E-state index in [0.29, 0.717) is 29.8 Å². The van der Waals surface area contributed by atoms with Crippen LogP contribution >= 0.6 is 0 Å². The maximum atomic E-state index is 14.7. The zero-order valence-corrected chi connectivity index (χ0v) is 24.5. The molecule has 3 aromatic rings. The first-order valence-corrected chi connectivity index (χ1v) is 13.9. The molecular formula is C31H40F4N6O. The van der Waals surface area contributed by atoms with Crippen molar-refractivity contribution in [3.05, 3.63) is 83.4 Å². The van der Waals surface area contributed by atoms with Crippen molar-refractivity contribution in [3.63, 3.8) is 0 Å². The van der Waals surface area contributed by atoms with E-state index in [2.05, 4.69) is 22.2 Å². The maximum absolute atomic E-state index is 14.7. The molecule has 228 valence electrons. The Bertz CT molecular complexity index is 1320. The number of nitrogens with one attached hydrogen (secondary N) is 3. The van der Waals surface area contributed by atoms with E-state index in [4.69, 9.17) is 15.9 Å². The fraction of sp³-hybridized carbons (Fsp3) is 0.355. The molecule has 2 heterocycles. The molecule has 0 radical (unpaired) electrons. The molecule has 1 aromatic heterocycles. The predicted octanol–water partition coefficient (Wildman–Crippen LogP) is 6.95. The number of nitrogens with two attached hydrogens (primary N) is 1. The fourth-order valence-electron chi connectivity index (χ4n) is 4.13. The minimum Gasteiger partial charge on any atom is -0.484 e. The number of ether oxygens (including phenoxy) is 1. The Kier molecular flexibility index (Phi) is 13.4. The molecule has 0 amide bonds. The first-order valence-electron chi connectivity index (χ1n) is 13.9. The number of piperazine rings is 1. The summed E-state index contributed by atoms with van der Waals surface area (Å²) in [6.45, 7) is 14.7. The number of pyridine rings is 1. The molecule has 2 aromatic carbocycles. The van der Waals surface area contributed by atoms with E-state index in [1.165, 1.54) is 24.4 Å². The van der Waals surface area contributed by atoms with Crippen LogP contribution in [0.4, 0.5) is 29.1 Å². The Hall–Kier alpha value is -3.96. The third-order valence-electron chi connectivity index (χ3n) is 6.11. The van der Waals surface area contributed by atoms with Gasteiger partial charge in [0.05, 0.1) is 5.56 Å². The highest BCUT2D eigenvalue weighted by Gasteiger charge is 2.34. The Balaban J connectivity index is 0.00000148. The number of nitrogens with zero attached hydrogens (tertiary/aromatic N) is 2. The molecule has 0 bridgehead atoms. The van der Waals surface area contributed by atoms with Crippen LogP contribution in [-0.4, -0.2) is 48.9 Å². The lowest BCUT2D eigenvalue weighted by Gasteiger charge is -2.28. The summed E-state index contributed by atoms with van der Waals surface area (Å²) >= 11 is 0. The number of nitrogen functional groups attached to an aromatic ring is 1. The smallest absolute Gasteiger partial charge is 0.416 e. The Morgan fingerprint density at radius 2 is 1.79 bits per heavy atom. The topological polar surface area (TPSA) is 99.3 Å². The van der Waals surface area contributed by atoms with Crippen molar-refractivity contribution in [1.82, 2.24) is 15.2 Å². The normalized spacial score (nSPS) is 13.1. The van der Waals surface area contributed by atoms with E-state index in [-0.39, 0.29) is 41.7 Å². The molecule has 1 aliphatic heterocycles. The summed E-state index contributed by atoms with van der Waals surface area (Å²) in [5.74, 6) is -0.485. The molecule has 42 heavy (non-hydrogen) atoms. The monoisotopic (exact) mass is 588 g/mol. The van der Waals surface area contributed by atoms with Crippen molar-refractivity contribution in [2.24, 2.45) is 0 Å². The van der Waals surface area contributed by atoms with E-state index in [1.54, 1.807) is 18.2 Å². The Labute approximate surface area is 245 Å². The second-order valence-electron chi connectivity index (χ2n) is 8.90. The van der Waals surface area contributed by atoms with Gasteiger partial charge in [-0.25, -0.2) is 9.37 Å². The first-order chi connectivity index (χ1) is 20.1. The van der Waals surface area contributed by atoms with Crippen molar-refractivity contribution in [2.45, 2.75) is 40.4 Å². The van der Waals surface area contributed by atoms with Crippen molar-refractivity contribution in [2.75, 3.05) is 43.8 Å². The molecule has 1 fully saturated rings. The van der Waals surface area contributed by atoms with Gasteiger partial charge in [-0.15, -0.1) is 0 Å². The van der Waals surface area contributed by atoms with Crippen molar-refractivity contribution >= 4 is 17.7 Å². The maximum Gasteiger partial charge on any atom is 0.416 e. The average Bonchev–Trinajstić information content (AvgIpc) is 2.99. The average molecular weight is 589 g/mol. The molecule has 0 unspecified atom stereocenters. The molecule has 7 nitrogen and oxygen atoms in total. The van der Waals surface area contributed by atoms with Gasteiger partial charge in [0.2, 0.25) is 0 Å². The highest BCUT2D eigenvalue weighted by molar-refractivity contribution is 5.85. The van der Waals surface area contributed by atoms with E-state index >= 15 is 0 Å². The lowest BCUT2D eigenvalue weighted by molar-refractivity contribution is -0.138. The lowest BCUT2D eigenvalue weighted by Crippen LogP contribution is -2.43. The van der Waals surface area contributed by atoms with E-state index in [0.717, 1.165) is 25.4 Å². The van der Waals surface area contributed by atoms with Gasteiger partial charge in [0.25, 0.3) is 0 Å². The molecule has 0 atom stereocenters. The summed E-state index contributed by atoms with van der Waals surface area (Å²) in [5, 5.41) is 13.4. The molecule has 4 rings (SSSR count). The molecule has 11 heteroatoms. The number of anilines is 2. The molecule has 5 N–H and O–H groups in total. The van der Waals surface area contributed by atoms with E-state index in [9.17, 15) is 17.6 Å². The van der Waals surface area contributed by atoms with Gasteiger partial charge in [-0.3, -0.25) is 4.90 Å². The highest BCUT2D eigenvalue weighted by Crippen LogP contribution is 2.35. The molecule has 1 aliphatic rings. The fourth-order valence-corrected chi connectivity index (χ4v) is 4.13. The van der Waals surface area contributed by atoms with E-state index < -0.39 is 17.6 Å². The van der Waals surface area contributed by atoms with Gasteiger partial charge in [0, 0.05) is 67.6 Å². The lowest BCUT2D eigenvalue weighted by atomic mass is 10.0. The van der Waals surface area contributed by atoms with Gasteiger partial charge in [-0.2, -0.15) is 13.2 Å². The number of hydrogen-bond acceptors (Lipinski definition) is 7. The van der Waals surface area contributed by atoms with Crippen LogP contribution in [0.15, 0.2) is 60.9 Å². The van der Waals surface area contributed by atoms with Crippen LogP contribution in [0.25, 0.3) is 11.1 Å². The quantitative estimate of drug-likeness (QED) is 0.160. The Morgan fingerprint density at radius 3 is 2.40 bits per heavy atom. The zero-order valence-electron chi connectivity index (χ0n) is 24.5. The summed E-state index contributed by atoms with van der Waals surface area (Å²) in [4.78, 5) is 5.99. The van der Waals surface area contributed by atoms with Crippen LogP contribution in [0.5, 0.6) is 5.75 Å². The van der Waals surface area contributed by atoms with Crippen LogP contribution in [0, 0.1) is 11.2 Å². The first kappa shape index (κ1) is 34.2. The van der Waals surface area contributed by atoms with Crippen LogP contribution in [-0.2, 0) is 12.7 Å². The standard InChI is InChI=1S/C27H28F4N6O.2C2H6/c1-17(16-38-25-5-3-18(11-24(25)28)21-10-20(13-32)26(33)35-14-21)36-22-4-2-19(23(12-22)27(29,30)31)15-37-8-6-34-7-9-37;2*1-2/h2-5,10-14,32,34,36H,1,6-9,15-16H2,(H2,33,35);2*1-2H3. The summed E-state index contributed by atoms with van der Waals surface area (Å²) < 4.78 is 61.5. The Morgan fingerprint density at radius 1 is 1.10 bits per heavy atom. The van der Waals surface area contributed by atoms with Gasteiger partial charge in [0.15, 0.2) is 11.6 Å². The van der Waals surface area contributed by atoms with Crippen LogP contribution in [0.2, 0.25) is 0 Å². The third-order valence-corrected chi connectivity index (χ3v) is 6.11. The van der Waals surface area contributed by atoms with Gasteiger partial charge < -0.3 is 26.5 Å². The molecule has 0 aliphatic carbocycles. The highest BCUT2D eigenvalue weighted by atomic mass is 19.4. The van der Waals surface area contributed by atoms with Gasteiger partial charge >= 0.3 is 6.18 Å².